The van der Waals surface area contributed by atoms with Crippen LogP contribution < -0.4 is 0 Å². The summed E-state index contributed by atoms with van der Waals surface area (Å²) in [5, 5.41) is 0. The van der Waals surface area contributed by atoms with Crippen LogP contribution in [-0.4, -0.2) is 5.78 Å². The molecule has 0 N–H and O–H groups in total. The normalized spacial score (nSPS) is 10.7. The minimum Gasteiger partial charge on any atom is -0.293 e. The molecule has 0 amide bonds. The molecule has 0 saturated carbocycles. The first-order valence-electron chi connectivity index (χ1n) is 7.59. The van der Waals surface area contributed by atoms with Crippen LogP contribution in [0, 0.1) is 12.7 Å². The molecule has 116 valence electrons. The maximum Gasteiger partial charge on any atom is 0.173 e. The van der Waals surface area contributed by atoms with E-state index >= 15 is 0 Å². The molecule has 0 aliphatic carbocycles. The van der Waals surface area contributed by atoms with E-state index in [0.717, 1.165) is 32.0 Å². The maximum atomic E-state index is 13.6. The van der Waals surface area contributed by atoms with E-state index in [1.165, 1.54) is 23.5 Å². The van der Waals surface area contributed by atoms with Gasteiger partial charge in [-0.15, -0.1) is 11.3 Å². The summed E-state index contributed by atoms with van der Waals surface area (Å²) in [5.41, 5.74) is 3.85. The van der Waals surface area contributed by atoms with Crippen molar-refractivity contribution in [3.63, 3.8) is 0 Å². The van der Waals surface area contributed by atoms with E-state index in [9.17, 15) is 9.18 Å². The number of hydrogen-bond donors (Lipinski definition) is 0. The molecule has 0 bridgehead atoms. The lowest BCUT2D eigenvalue weighted by atomic mass is 9.97. The summed E-state index contributed by atoms with van der Waals surface area (Å²) < 4.78 is 13.6. The Kier molecular flexibility index (Phi) is 4.39. The third kappa shape index (κ3) is 2.97. The van der Waals surface area contributed by atoms with E-state index in [0.29, 0.717) is 6.42 Å². The van der Waals surface area contributed by atoms with Crippen molar-refractivity contribution in [3.8, 4) is 21.6 Å². The molecule has 0 aliphatic heterocycles. The molecule has 0 spiro atoms. The highest BCUT2D eigenvalue weighted by molar-refractivity contribution is 7.18. The van der Waals surface area contributed by atoms with Crippen molar-refractivity contribution in [1.29, 1.82) is 0 Å². The summed E-state index contributed by atoms with van der Waals surface area (Å²) >= 11 is 1.46. The second kappa shape index (κ2) is 6.47. The topological polar surface area (TPSA) is 17.1 Å². The fraction of sp³-hybridized carbons (Fsp3) is 0.150. The Morgan fingerprint density at radius 1 is 1.04 bits per heavy atom. The number of halogens is 1. The molecule has 0 atom stereocenters. The standard InChI is InChI=1S/C20H17FOS/c1-3-17(22)20-18(14-8-5-4-6-9-14)13(2)19(23-20)15-10-7-11-16(21)12-15/h4-12H,3H2,1-2H3. The molecule has 2 aromatic carbocycles. The van der Waals surface area contributed by atoms with Crippen LogP contribution in [0.2, 0.25) is 0 Å². The highest BCUT2D eigenvalue weighted by atomic mass is 32.1. The predicted molar refractivity (Wildman–Crippen MR) is 94.5 cm³/mol. The summed E-state index contributed by atoms with van der Waals surface area (Å²) in [5.74, 6) is -0.139. The van der Waals surface area contributed by atoms with Gasteiger partial charge in [-0.3, -0.25) is 4.79 Å². The minimum absolute atomic E-state index is 0.125. The van der Waals surface area contributed by atoms with Gasteiger partial charge in [0.25, 0.3) is 0 Å². The number of rotatable bonds is 4. The second-order valence-electron chi connectivity index (χ2n) is 5.41. The molecule has 0 radical (unpaired) electrons. The van der Waals surface area contributed by atoms with E-state index in [4.69, 9.17) is 0 Å². The van der Waals surface area contributed by atoms with Crippen molar-refractivity contribution >= 4 is 17.1 Å². The molecular formula is C20H17FOS. The van der Waals surface area contributed by atoms with Crippen molar-refractivity contribution < 1.29 is 9.18 Å². The highest BCUT2D eigenvalue weighted by Gasteiger charge is 2.21. The van der Waals surface area contributed by atoms with Gasteiger partial charge in [0.2, 0.25) is 0 Å². The van der Waals surface area contributed by atoms with E-state index < -0.39 is 0 Å². The Morgan fingerprint density at radius 3 is 2.39 bits per heavy atom. The molecule has 1 heterocycles. The lowest BCUT2D eigenvalue weighted by Gasteiger charge is -2.05. The first kappa shape index (κ1) is 15.6. The smallest absolute Gasteiger partial charge is 0.173 e. The van der Waals surface area contributed by atoms with Crippen molar-refractivity contribution in [2.75, 3.05) is 0 Å². The molecule has 0 fully saturated rings. The molecule has 3 rings (SSSR count). The SMILES string of the molecule is CCC(=O)c1sc(-c2cccc(F)c2)c(C)c1-c1ccccc1. The number of benzene rings is 2. The molecule has 3 heteroatoms. The molecule has 0 unspecified atom stereocenters. The van der Waals surface area contributed by atoms with E-state index in [2.05, 4.69) is 0 Å². The summed E-state index contributed by atoms with van der Waals surface area (Å²) in [4.78, 5) is 14.1. The number of carbonyl (C=O) groups excluding carboxylic acids is 1. The van der Waals surface area contributed by atoms with Crippen LogP contribution in [0.3, 0.4) is 0 Å². The fourth-order valence-corrected chi connectivity index (χ4v) is 4.06. The van der Waals surface area contributed by atoms with Crippen molar-refractivity contribution in [1.82, 2.24) is 0 Å². The maximum absolute atomic E-state index is 13.6. The van der Waals surface area contributed by atoms with Gasteiger partial charge < -0.3 is 0 Å². The molecule has 1 aromatic heterocycles. The van der Waals surface area contributed by atoms with Gasteiger partial charge in [0.15, 0.2) is 5.78 Å². The largest absolute Gasteiger partial charge is 0.293 e. The van der Waals surface area contributed by atoms with Gasteiger partial charge in [0.1, 0.15) is 5.82 Å². The zero-order chi connectivity index (χ0) is 16.4. The Hall–Kier alpha value is -2.26. The lowest BCUT2D eigenvalue weighted by molar-refractivity contribution is 0.0992. The third-order valence-corrected chi connectivity index (χ3v) is 5.25. The highest BCUT2D eigenvalue weighted by Crippen LogP contribution is 2.42. The van der Waals surface area contributed by atoms with Crippen molar-refractivity contribution in [3.05, 3.63) is 70.9 Å². The summed E-state index contributed by atoms with van der Waals surface area (Å²) in [6.45, 7) is 3.87. The van der Waals surface area contributed by atoms with Gasteiger partial charge >= 0.3 is 0 Å². The first-order chi connectivity index (χ1) is 11.1. The monoisotopic (exact) mass is 324 g/mol. The molecule has 0 saturated heterocycles. The van der Waals surface area contributed by atoms with Crippen LogP contribution in [-0.2, 0) is 0 Å². The van der Waals surface area contributed by atoms with Crippen LogP contribution in [0.5, 0.6) is 0 Å². The van der Waals surface area contributed by atoms with Gasteiger partial charge in [-0.25, -0.2) is 4.39 Å². The van der Waals surface area contributed by atoms with E-state index in [1.54, 1.807) is 6.07 Å². The molecular weight excluding hydrogens is 307 g/mol. The molecule has 3 aromatic rings. The summed E-state index contributed by atoms with van der Waals surface area (Å²) in [7, 11) is 0. The Morgan fingerprint density at radius 2 is 1.74 bits per heavy atom. The zero-order valence-corrected chi connectivity index (χ0v) is 13.9. The van der Waals surface area contributed by atoms with Gasteiger partial charge in [0, 0.05) is 16.9 Å². The summed E-state index contributed by atoms with van der Waals surface area (Å²) in [6, 6.07) is 16.5. The zero-order valence-electron chi connectivity index (χ0n) is 13.1. The average molecular weight is 324 g/mol. The van der Waals surface area contributed by atoms with Gasteiger partial charge in [-0.1, -0.05) is 49.4 Å². The summed E-state index contributed by atoms with van der Waals surface area (Å²) in [6.07, 6.45) is 0.461. The first-order valence-corrected chi connectivity index (χ1v) is 8.41. The van der Waals surface area contributed by atoms with Crippen LogP contribution >= 0.6 is 11.3 Å². The van der Waals surface area contributed by atoms with Crippen molar-refractivity contribution in [2.24, 2.45) is 0 Å². The van der Waals surface area contributed by atoms with Crippen LogP contribution in [0.15, 0.2) is 54.6 Å². The quantitative estimate of drug-likeness (QED) is 0.528. The second-order valence-corrected chi connectivity index (χ2v) is 6.43. The number of Topliss-reactive ketones (excluding diaryl/α,β-unsaturated/α-hetero) is 1. The van der Waals surface area contributed by atoms with Crippen molar-refractivity contribution in [2.45, 2.75) is 20.3 Å². The van der Waals surface area contributed by atoms with Crippen LogP contribution in [0.4, 0.5) is 4.39 Å². The number of ketones is 1. The van der Waals surface area contributed by atoms with E-state index in [-0.39, 0.29) is 11.6 Å². The van der Waals surface area contributed by atoms with Gasteiger partial charge in [-0.2, -0.15) is 0 Å². The molecule has 1 nitrogen and oxygen atoms in total. The Balaban J connectivity index is 2.24. The average Bonchev–Trinajstić information content (AvgIpc) is 2.92. The van der Waals surface area contributed by atoms with Crippen LogP contribution in [0.25, 0.3) is 21.6 Å². The molecule has 23 heavy (non-hydrogen) atoms. The Labute approximate surface area is 139 Å². The fourth-order valence-electron chi connectivity index (χ4n) is 2.73. The van der Waals surface area contributed by atoms with E-state index in [1.807, 2.05) is 50.2 Å². The third-order valence-electron chi connectivity index (χ3n) is 3.87. The molecule has 0 aliphatic rings. The van der Waals surface area contributed by atoms with Gasteiger partial charge in [-0.05, 0) is 35.7 Å². The number of hydrogen-bond acceptors (Lipinski definition) is 2. The Bertz CT molecular complexity index is 849. The minimum atomic E-state index is -0.264. The number of carbonyl (C=O) groups is 1. The predicted octanol–water partition coefficient (Wildman–Crippen LogP) is 6.12. The lowest BCUT2D eigenvalue weighted by Crippen LogP contribution is -1.95. The number of thiophene rings is 1. The van der Waals surface area contributed by atoms with Crippen LogP contribution in [0.1, 0.15) is 28.6 Å². The van der Waals surface area contributed by atoms with Gasteiger partial charge in [0.05, 0.1) is 4.88 Å².